The molecule has 136 valence electrons. The zero-order chi connectivity index (χ0) is 17.9. The molecule has 1 aliphatic carbocycles. The molecule has 2 aromatic rings. The molecule has 1 aromatic heterocycles. The highest BCUT2D eigenvalue weighted by molar-refractivity contribution is 5.94. The lowest BCUT2D eigenvalue weighted by Crippen LogP contribution is -2.51. The number of nitrogens with zero attached hydrogens (tertiary/aromatic N) is 6. The van der Waals surface area contributed by atoms with Gasteiger partial charge in [0.2, 0.25) is 5.91 Å². The number of nitrogens with one attached hydrogen (secondary N) is 1. The van der Waals surface area contributed by atoms with E-state index in [0.29, 0.717) is 44.3 Å². The smallest absolute Gasteiger partial charge is 0.253 e. The molecule has 0 unspecified atom stereocenters. The number of amides is 2. The molecule has 2 heterocycles. The maximum Gasteiger partial charge on any atom is 0.253 e. The average molecular weight is 355 g/mol. The molecule has 2 amide bonds. The molecule has 1 aliphatic heterocycles. The third-order valence-electron chi connectivity index (χ3n) is 4.70. The van der Waals surface area contributed by atoms with Crippen molar-refractivity contribution in [2.75, 3.05) is 32.7 Å². The van der Waals surface area contributed by atoms with Crippen LogP contribution in [0.1, 0.15) is 23.2 Å². The first kappa shape index (κ1) is 16.6. The summed E-state index contributed by atoms with van der Waals surface area (Å²) in [5.74, 6) is 0.0980. The van der Waals surface area contributed by atoms with Gasteiger partial charge >= 0.3 is 0 Å². The van der Waals surface area contributed by atoms with Gasteiger partial charge in [-0.25, -0.2) is 4.68 Å². The van der Waals surface area contributed by atoms with E-state index in [1.165, 1.54) is 6.33 Å². The summed E-state index contributed by atoms with van der Waals surface area (Å²) in [7, 11) is 0. The number of benzene rings is 1. The van der Waals surface area contributed by atoms with E-state index in [1.807, 2.05) is 17.0 Å². The zero-order valence-electron chi connectivity index (χ0n) is 14.4. The summed E-state index contributed by atoms with van der Waals surface area (Å²) in [4.78, 5) is 28.5. The Kier molecular flexibility index (Phi) is 4.61. The monoisotopic (exact) mass is 355 g/mol. The Labute approximate surface area is 151 Å². The third kappa shape index (κ3) is 3.88. The largest absolute Gasteiger partial charge is 0.352 e. The van der Waals surface area contributed by atoms with E-state index in [1.54, 1.807) is 16.8 Å². The Morgan fingerprint density at radius 2 is 1.81 bits per heavy atom. The Balaban J connectivity index is 1.29. The lowest BCUT2D eigenvalue weighted by atomic mass is 10.1. The quantitative estimate of drug-likeness (QED) is 0.791. The zero-order valence-corrected chi connectivity index (χ0v) is 14.4. The van der Waals surface area contributed by atoms with Crippen LogP contribution in [-0.4, -0.2) is 80.6 Å². The van der Waals surface area contributed by atoms with E-state index >= 15 is 0 Å². The molecule has 1 aromatic carbocycles. The maximum atomic E-state index is 12.7. The number of aromatic nitrogens is 4. The fourth-order valence-electron chi connectivity index (χ4n) is 3.03. The second-order valence-corrected chi connectivity index (χ2v) is 6.71. The molecule has 9 nitrogen and oxygen atoms in total. The molecule has 4 rings (SSSR count). The Morgan fingerprint density at radius 3 is 2.42 bits per heavy atom. The van der Waals surface area contributed by atoms with E-state index in [2.05, 4.69) is 25.7 Å². The fourth-order valence-corrected chi connectivity index (χ4v) is 3.03. The van der Waals surface area contributed by atoms with Gasteiger partial charge in [0.15, 0.2) is 0 Å². The van der Waals surface area contributed by atoms with Crippen LogP contribution >= 0.6 is 0 Å². The van der Waals surface area contributed by atoms with Gasteiger partial charge in [-0.1, -0.05) is 0 Å². The topological polar surface area (TPSA) is 96.3 Å². The molecule has 1 saturated carbocycles. The van der Waals surface area contributed by atoms with Crippen LogP contribution in [-0.2, 0) is 4.79 Å². The Hall–Kier alpha value is -2.81. The van der Waals surface area contributed by atoms with Crippen LogP contribution < -0.4 is 5.32 Å². The molecular formula is C17H21N7O2. The van der Waals surface area contributed by atoms with Crippen LogP contribution in [0, 0.1) is 0 Å². The van der Waals surface area contributed by atoms with E-state index in [0.717, 1.165) is 18.5 Å². The summed E-state index contributed by atoms with van der Waals surface area (Å²) in [6, 6.07) is 7.61. The first-order chi connectivity index (χ1) is 12.7. The number of piperazine rings is 1. The van der Waals surface area contributed by atoms with Gasteiger partial charge in [-0.3, -0.25) is 14.5 Å². The number of rotatable bonds is 5. The van der Waals surface area contributed by atoms with Crippen LogP contribution in [0.4, 0.5) is 0 Å². The standard InChI is InChI=1S/C17H21N7O2/c25-16(19-14-3-4-14)11-22-7-9-23(10-8-22)17(26)13-1-5-15(6-2-13)24-12-18-20-21-24/h1-2,5-6,12,14H,3-4,7-11H2,(H,19,25). The van der Waals surface area contributed by atoms with Gasteiger partial charge in [0.1, 0.15) is 6.33 Å². The Bertz CT molecular complexity index is 763. The molecule has 0 radical (unpaired) electrons. The van der Waals surface area contributed by atoms with Gasteiger partial charge in [-0.2, -0.15) is 0 Å². The van der Waals surface area contributed by atoms with Crippen molar-refractivity contribution in [3.05, 3.63) is 36.2 Å². The van der Waals surface area contributed by atoms with Crippen LogP contribution in [0.25, 0.3) is 5.69 Å². The third-order valence-corrected chi connectivity index (χ3v) is 4.70. The summed E-state index contributed by atoms with van der Waals surface area (Å²) in [5, 5.41) is 14.0. The van der Waals surface area contributed by atoms with Gasteiger partial charge in [0, 0.05) is 37.8 Å². The summed E-state index contributed by atoms with van der Waals surface area (Å²) < 4.78 is 1.54. The average Bonchev–Trinajstić information content (AvgIpc) is 3.30. The van der Waals surface area contributed by atoms with Crippen LogP contribution in [0.15, 0.2) is 30.6 Å². The van der Waals surface area contributed by atoms with Crippen molar-refractivity contribution in [2.24, 2.45) is 0 Å². The minimum Gasteiger partial charge on any atom is -0.352 e. The van der Waals surface area contributed by atoms with Crippen molar-refractivity contribution in [1.82, 2.24) is 35.3 Å². The van der Waals surface area contributed by atoms with Crippen LogP contribution in [0.2, 0.25) is 0 Å². The van der Waals surface area contributed by atoms with Crippen molar-refractivity contribution in [3.63, 3.8) is 0 Å². The van der Waals surface area contributed by atoms with E-state index in [9.17, 15) is 9.59 Å². The maximum absolute atomic E-state index is 12.7. The SMILES string of the molecule is O=C(CN1CCN(C(=O)c2ccc(-n3cnnn3)cc2)CC1)NC1CC1. The second-order valence-electron chi connectivity index (χ2n) is 6.71. The second kappa shape index (κ2) is 7.20. The summed E-state index contributed by atoms with van der Waals surface area (Å²) >= 11 is 0. The number of hydrogen-bond acceptors (Lipinski definition) is 6. The summed E-state index contributed by atoms with van der Waals surface area (Å²) in [6.45, 7) is 3.10. The number of hydrogen-bond donors (Lipinski definition) is 1. The van der Waals surface area contributed by atoms with Gasteiger partial charge in [0.05, 0.1) is 12.2 Å². The van der Waals surface area contributed by atoms with Crippen LogP contribution in [0.3, 0.4) is 0 Å². The molecule has 2 aliphatic rings. The van der Waals surface area contributed by atoms with E-state index in [-0.39, 0.29) is 11.8 Å². The first-order valence-corrected chi connectivity index (χ1v) is 8.83. The molecule has 9 heteroatoms. The molecule has 2 fully saturated rings. The fraction of sp³-hybridized carbons (Fsp3) is 0.471. The minimum atomic E-state index is 0.00958. The highest BCUT2D eigenvalue weighted by atomic mass is 16.2. The summed E-state index contributed by atoms with van der Waals surface area (Å²) in [6.07, 6.45) is 3.70. The lowest BCUT2D eigenvalue weighted by molar-refractivity contribution is -0.122. The molecule has 0 spiro atoms. The number of tetrazole rings is 1. The number of carbonyl (C=O) groups excluding carboxylic acids is 2. The predicted octanol–water partition coefficient (Wildman–Crippen LogP) is -0.301. The number of carbonyl (C=O) groups is 2. The molecule has 0 atom stereocenters. The molecular weight excluding hydrogens is 334 g/mol. The summed E-state index contributed by atoms with van der Waals surface area (Å²) in [5.41, 5.74) is 1.44. The van der Waals surface area contributed by atoms with E-state index < -0.39 is 0 Å². The van der Waals surface area contributed by atoms with E-state index in [4.69, 9.17) is 0 Å². The Morgan fingerprint density at radius 1 is 1.08 bits per heavy atom. The first-order valence-electron chi connectivity index (χ1n) is 8.83. The van der Waals surface area contributed by atoms with Crippen molar-refractivity contribution < 1.29 is 9.59 Å². The molecule has 0 bridgehead atoms. The minimum absolute atomic E-state index is 0.00958. The highest BCUT2D eigenvalue weighted by Gasteiger charge is 2.26. The van der Waals surface area contributed by atoms with Gasteiger partial charge in [-0.15, -0.1) is 5.10 Å². The van der Waals surface area contributed by atoms with Crippen molar-refractivity contribution in [3.8, 4) is 5.69 Å². The van der Waals surface area contributed by atoms with Crippen molar-refractivity contribution in [2.45, 2.75) is 18.9 Å². The van der Waals surface area contributed by atoms with Crippen LogP contribution in [0.5, 0.6) is 0 Å². The molecule has 1 saturated heterocycles. The van der Waals surface area contributed by atoms with Gasteiger partial charge < -0.3 is 10.2 Å². The van der Waals surface area contributed by atoms with Gasteiger partial charge in [-0.05, 0) is 47.5 Å². The van der Waals surface area contributed by atoms with Crippen molar-refractivity contribution in [1.29, 1.82) is 0 Å². The molecule has 26 heavy (non-hydrogen) atoms. The lowest BCUT2D eigenvalue weighted by Gasteiger charge is -2.34. The predicted molar refractivity (Wildman–Crippen MR) is 92.7 cm³/mol. The van der Waals surface area contributed by atoms with Gasteiger partial charge in [0.25, 0.3) is 5.91 Å². The highest BCUT2D eigenvalue weighted by Crippen LogP contribution is 2.18. The normalized spacial score (nSPS) is 17.9. The van der Waals surface area contributed by atoms with Crippen molar-refractivity contribution >= 4 is 11.8 Å². The molecule has 1 N–H and O–H groups in total.